The molecule has 0 aliphatic rings. The lowest BCUT2D eigenvalue weighted by atomic mass is 10.1. The molecule has 0 saturated heterocycles. The first kappa shape index (κ1) is 55.9. The smallest absolute Gasteiger partial charge is 0.385 e. The Bertz CT molecular complexity index is 996. The van der Waals surface area contributed by atoms with Crippen molar-refractivity contribution in [2.24, 2.45) is 0 Å². The summed E-state index contributed by atoms with van der Waals surface area (Å²) < 4.78 is 27.0. The highest BCUT2D eigenvalue weighted by molar-refractivity contribution is 6.82. The molecule has 0 radical (unpaired) electrons. The molecule has 0 aromatic rings. The van der Waals surface area contributed by atoms with Crippen LogP contribution >= 0.6 is 0 Å². The molecule has 0 spiro atoms. The van der Waals surface area contributed by atoms with Crippen LogP contribution in [0.25, 0.3) is 0 Å². The van der Waals surface area contributed by atoms with E-state index in [4.69, 9.17) is 21.8 Å². The van der Waals surface area contributed by atoms with Crippen LogP contribution in [0.4, 0.5) is 0 Å². The van der Waals surface area contributed by atoms with Crippen molar-refractivity contribution in [2.75, 3.05) is 6.61 Å². The van der Waals surface area contributed by atoms with Crippen molar-refractivity contribution in [1.29, 1.82) is 0 Å². The van der Waals surface area contributed by atoms with E-state index in [1.54, 1.807) is 13.8 Å². The molecular weight excluding hydrogens is 709 g/mol. The third kappa shape index (κ3) is 48.2. The predicted molar refractivity (Wildman–Crippen MR) is 228 cm³/mol. The summed E-state index contributed by atoms with van der Waals surface area (Å²) >= 11 is 0. The van der Waals surface area contributed by atoms with Crippen molar-refractivity contribution in [3.05, 3.63) is 49.6 Å². The van der Waals surface area contributed by atoms with Gasteiger partial charge in [-0.05, 0) is 98.6 Å². The topological polar surface area (TPSA) is 97.4 Å². The lowest BCUT2D eigenvalue weighted by Gasteiger charge is -2.30. The summed E-state index contributed by atoms with van der Waals surface area (Å²) in [6, 6.07) is 0. The van der Waals surface area contributed by atoms with Crippen molar-refractivity contribution in [3.8, 4) is 0 Å². The van der Waals surface area contributed by atoms with E-state index in [-0.39, 0.29) is 11.9 Å². The predicted octanol–water partition coefficient (Wildman–Crippen LogP) is 12.3. The molecule has 300 valence electrons. The monoisotopic (exact) mass is 788 g/mol. The van der Waals surface area contributed by atoms with Crippen LogP contribution < -0.4 is 0 Å². The Hall–Kier alpha value is -1.84. The summed E-state index contributed by atoms with van der Waals surface area (Å²) in [5.41, 5.74) is 0.903. The van der Waals surface area contributed by atoms with E-state index in [9.17, 15) is 14.4 Å². The second-order valence-electron chi connectivity index (χ2n) is 15.6. The molecule has 0 rings (SSSR count). The minimum Gasteiger partial charge on any atom is -0.492 e. The molecule has 0 fully saturated rings. The minimum atomic E-state index is -2.31. The highest BCUT2D eigenvalue weighted by Crippen LogP contribution is 2.17. The average molecular weight is 789 g/mol. The van der Waals surface area contributed by atoms with Crippen molar-refractivity contribution in [1.82, 2.24) is 0 Å². The van der Waals surface area contributed by atoms with Crippen molar-refractivity contribution in [3.63, 3.8) is 0 Å². The van der Waals surface area contributed by atoms with Crippen molar-refractivity contribution in [2.45, 2.75) is 177 Å². The van der Waals surface area contributed by atoms with E-state index in [1.807, 2.05) is 32.3 Å². The molecule has 0 aromatic carbocycles. The zero-order valence-corrected chi connectivity index (χ0v) is 39.6. The quantitative estimate of drug-likeness (QED) is 0.0332. The van der Waals surface area contributed by atoms with Gasteiger partial charge in [0.2, 0.25) is 0 Å². The van der Waals surface area contributed by atoms with E-state index >= 15 is 0 Å². The van der Waals surface area contributed by atoms with Gasteiger partial charge in [-0.3, -0.25) is 0 Å². The van der Waals surface area contributed by atoms with Crippen molar-refractivity contribution < 1.29 is 36.2 Å². The van der Waals surface area contributed by atoms with Gasteiger partial charge in [0, 0.05) is 17.2 Å². The van der Waals surface area contributed by atoms with Gasteiger partial charge in [-0.15, -0.1) is 6.58 Å². The standard InChI is InChI=1S/C12H22O2.C10H20.C9H20O3Si2.C8H18O3Si2/c1-4-5-6-7-8-9-10-14-12(13)11(2)3;1-3-5-7-9-10-8-6-4-2;1-8(2)9(10)11-14(6,7)12-13(3,4)5;1-7-8(9)10-13(5,6)11-12(2,3)4/h2,4-10H2,1,3H3;3H,1,4-10H2,2H3;1H2,2-7H3;7H,1H2,2-6H3. The summed E-state index contributed by atoms with van der Waals surface area (Å²) in [4.78, 5) is 33.2. The lowest BCUT2D eigenvalue weighted by molar-refractivity contribution is -0.139. The fourth-order valence-electron chi connectivity index (χ4n) is 4.35. The van der Waals surface area contributed by atoms with Crippen LogP contribution in [0.15, 0.2) is 49.6 Å². The summed E-state index contributed by atoms with van der Waals surface area (Å²) in [5.74, 6) is -1.01. The number of ether oxygens (including phenoxy) is 1. The van der Waals surface area contributed by atoms with E-state index in [1.165, 1.54) is 76.7 Å². The third-order valence-corrected chi connectivity index (χ3v) is 16.3. The molecule has 0 aliphatic heterocycles. The molecule has 0 saturated carbocycles. The highest BCUT2D eigenvalue weighted by Gasteiger charge is 2.35. The summed E-state index contributed by atoms with van der Waals surface area (Å²) in [6.45, 7) is 42.4. The second kappa shape index (κ2) is 31.7. The SMILES string of the molecule is C=C(C)C(=O)OCCCCCCCC.C=C(C)C(=O)O[Si](C)(C)O[Si](C)(C)C.C=CC(=O)O[Si](C)(C)O[Si](C)(C)C.C=CCCCCCCCC. The van der Waals surface area contributed by atoms with Gasteiger partial charge in [0.1, 0.15) is 0 Å². The van der Waals surface area contributed by atoms with Gasteiger partial charge in [-0.25, -0.2) is 14.4 Å². The van der Waals surface area contributed by atoms with Crippen LogP contribution in [0.5, 0.6) is 0 Å². The van der Waals surface area contributed by atoms with Crippen LogP contribution in [-0.4, -0.2) is 58.3 Å². The Morgan fingerprint density at radius 2 is 0.922 bits per heavy atom. The first-order chi connectivity index (χ1) is 23.3. The molecule has 51 heavy (non-hydrogen) atoms. The number of esters is 1. The Morgan fingerprint density at radius 1 is 0.549 bits per heavy atom. The van der Waals surface area contributed by atoms with Gasteiger partial charge < -0.3 is 21.8 Å². The minimum absolute atomic E-state index is 0.265. The van der Waals surface area contributed by atoms with Crippen LogP contribution in [0.3, 0.4) is 0 Å². The molecule has 0 aliphatic carbocycles. The van der Waals surface area contributed by atoms with Gasteiger partial charge in [0.05, 0.1) is 6.61 Å². The number of carbonyl (C=O) groups is 3. The fourth-order valence-corrected chi connectivity index (χ4v) is 17.7. The molecule has 0 unspecified atom stereocenters. The van der Waals surface area contributed by atoms with Crippen LogP contribution in [0.2, 0.25) is 65.5 Å². The van der Waals surface area contributed by atoms with Crippen LogP contribution in [0, 0.1) is 0 Å². The van der Waals surface area contributed by atoms with Gasteiger partial charge >= 0.3 is 35.0 Å². The average Bonchev–Trinajstić information content (AvgIpc) is 2.96. The second-order valence-corrected chi connectivity index (χ2v) is 31.6. The summed E-state index contributed by atoms with van der Waals surface area (Å²) in [5, 5.41) is 0. The third-order valence-electron chi connectivity index (χ3n) is 6.15. The molecule has 8 nitrogen and oxygen atoms in total. The Kier molecular flexibility index (Phi) is 34.7. The maximum absolute atomic E-state index is 11.3. The van der Waals surface area contributed by atoms with Gasteiger partial charge in [0.15, 0.2) is 16.6 Å². The fraction of sp³-hybridized carbons (Fsp3) is 0.718. The van der Waals surface area contributed by atoms with Crippen molar-refractivity contribution >= 4 is 51.7 Å². The summed E-state index contributed by atoms with van der Waals surface area (Å²) in [7, 11) is -7.86. The zero-order valence-electron chi connectivity index (χ0n) is 35.6. The Labute approximate surface area is 319 Å². The van der Waals surface area contributed by atoms with Gasteiger partial charge in [0.25, 0.3) is 0 Å². The maximum atomic E-state index is 11.3. The molecule has 0 heterocycles. The molecular formula is C39H80O8Si4. The first-order valence-electron chi connectivity index (χ1n) is 18.9. The molecule has 0 bridgehead atoms. The number of hydrogen-bond donors (Lipinski definition) is 0. The van der Waals surface area contributed by atoms with Crippen LogP contribution in [-0.2, 0) is 36.2 Å². The Morgan fingerprint density at radius 3 is 1.27 bits per heavy atom. The zero-order chi connectivity index (χ0) is 40.7. The van der Waals surface area contributed by atoms with E-state index in [0.29, 0.717) is 17.8 Å². The number of hydrogen-bond acceptors (Lipinski definition) is 8. The Balaban J connectivity index is -0.000000291. The van der Waals surface area contributed by atoms with Crippen LogP contribution in [0.1, 0.15) is 111 Å². The van der Waals surface area contributed by atoms with Gasteiger partial charge in [-0.1, -0.05) is 104 Å². The maximum Gasteiger partial charge on any atom is 0.385 e. The summed E-state index contributed by atoms with van der Waals surface area (Å²) in [6.07, 6.45) is 20.0. The highest BCUT2D eigenvalue weighted by atomic mass is 28.4. The molecule has 0 amide bonds. The van der Waals surface area contributed by atoms with E-state index < -0.39 is 39.7 Å². The first-order valence-corrected chi connectivity index (χ1v) is 31.3. The number of rotatable bonds is 23. The van der Waals surface area contributed by atoms with E-state index in [0.717, 1.165) is 12.8 Å². The number of unbranched alkanes of at least 4 members (excludes halogenated alkanes) is 11. The van der Waals surface area contributed by atoms with Gasteiger partial charge in [-0.2, -0.15) is 0 Å². The number of allylic oxidation sites excluding steroid dienone is 1. The molecule has 0 N–H and O–H groups in total. The van der Waals surface area contributed by atoms with E-state index in [2.05, 4.69) is 79.4 Å². The molecule has 12 heteroatoms. The lowest BCUT2D eigenvalue weighted by Crippen LogP contribution is -2.46. The number of carbonyl (C=O) groups excluding carboxylic acids is 3. The molecule has 0 atom stereocenters. The molecule has 0 aromatic heterocycles. The normalized spacial score (nSPS) is 11.2. The largest absolute Gasteiger partial charge is 0.492 e.